The standard InChI is InChI=1S/C26H31N3O3/c1-32-21-12-10-18(11-13-21)23(28-15-14-17-6-3-2-4-7-17)19-8-5-9-20(16-19)29-24-22(27)25(30)26(24)31/h5,8-13,16-17,23,28-29H,2-4,6-7,14-15,27H2,1H3. The van der Waals surface area contributed by atoms with E-state index in [0.29, 0.717) is 0 Å². The van der Waals surface area contributed by atoms with Crippen LogP contribution in [0.3, 0.4) is 0 Å². The molecule has 0 bridgehead atoms. The van der Waals surface area contributed by atoms with E-state index in [9.17, 15) is 9.59 Å². The predicted molar refractivity (Wildman–Crippen MR) is 130 cm³/mol. The van der Waals surface area contributed by atoms with Gasteiger partial charge in [0.1, 0.15) is 17.1 Å². The molecule has 0 heterocycles. The highest BCUT2D eigenvalue weighted by molar-refractivity contribution is 5.76. The zero-order chi connectivity index (χ0) is 22.5. The van der Waals surface area contributed by atoms with Crippen LogP contribution in [0.2, 0.25) is 0 Å². The van der Waals surface area contributed by atoms with E-state index in [4.69, 9.17) is 10.5 Å². The lowest BCUT2D eigenvalue weighted by molar-refractivity contribution is 0.331. The van der Waals surface area contributed by atoms with Gasteiger partial charge in [-0.05, 0) is 54.3 Å². The minimum absolute atomic E-state index is 0.00212. The first kappa shape index (κ1) is 22.1. The molecule has 1 aliphatic rings. The summed E-state index contributed by atoms with van der Waals surface area (Å²) < 4.78 is 5.32. The monoisotopic (exact) mass is 433 g/mol. The highest BCUT2D eigenvalue weighted by Gasteiger charge is 2.20. The lowest BCUT2D eigenvalue weighted by Gasteiger charge is -2.25. The van der Waals surface area contributed by atoms with E-state index >= 15 is 0 Å². The Bertz CT molecular complexity index is 1110. The van der Waals surface area contributed by atoms with Gasteiger partial charge < -0.3 is 21.1 Å². The van der Waals surface area contributed by atoms with E-state index in [1.807, 2.05) is 30.3 Å². The quantitative estimate of drug-likeness (QED) is 0.437. The number of benzene rings is 2. The molecule has 4 N–H and O–H groups in total. The van der Waals surface area contributed by atoms with Crippen molar-refractivity contribution in [2.45, 2.75) is 44.6 Å². The molecule has 6 heteroatoms. The van der Waals surface area contributed by atoms with Crippen molar-refractivity contribution >= 4 is 17.1 Å². The highest BCUT2D eigenvalue weighted by Crippen LogP contribution is 2.29. The molecule has 0 saturated heterocycles. The topological polar surface area (TPSA) is 93.4 Å². The van der Waals surface area contributed by atoms with Gasteiger partial charge in [-0.3, -0.25) is 9.59 Å². The summed E-state index contributed by atoms with van der Waals surface area (Å²) in [6, 6.07) is 16.0. The predicted octanol–water partition coefficient (Wildman–Crippen LogP) is 4.27. The van der Waals surface area contributed by atoms with Gasteiger partial charge in [0.25, 0.3) is 10.9 Å². The van der Waals surface area contributed by atoms with Crippen LogP contribution >= 0.6 is 0 Å². The normalized spacial score (nSPS) is 15.5. The maximum Gasteiger partial charge on any atom is 0.253 e. The van der Waals surface area contributed by atoms with Crippen LogP contribution < -0.4 is 32.0 Å². The lowest BCUT2D eigenvalue weighted by atomic mass is 9.87. The molecule has 6 nitrogen and oxygen atoms in total. The highest BCUT2D eigenvalue weighted by atomic mass is 16.5. The van der Waals surface area contributed by atoms with Gasteiger partial charge in [-0.15, -0.1) is 0 Å². The molecule has 1 unspecified atom stereocenters. The number of hydrogen-bond acceptors (Lipinski definition) is 6. The molecule has 0 radical (unpaired) electrons. The summed E-state index contributed by atoms with van der Waals surface area (Å²) in [7, 11) is 1.66. The molecule has 0 aromatic heterocycles. The van der Waals surface area contributed by atoms with Crippen LogP contribution in [-0.2, 0) is 0 Å². The summed E-state index contributed by atoms with van der Waals surface area (Å²) >= 11 is 0. The fraction of sp³-hybridized carbons (Fsp3) is 0.385. The molecule has 4 rings (SSSR count). The molecule has 3 aromatic carbocycles. The number of nitrogen functional groups attached to an aromatic ring is 1. The average molecular weight is 434 g/mol. The molecule has 1 fully saturated rings. The van der Waals surface area contributed by atoms with Crippen molar-refractivity contribution in [3.63, 3.8) is 0 Å². The van der Waals surface area contributed by atoms with Crippen LogP contribution in [0, 0.1) is 5.92 Å². The molecule has 0 spiro atoms. The molecule has 3 aromatic rings. The van der Waals surface area contributed by atoms with E-state index in [1.165, 1.54) is 38.5 Å². The van der Waals surface area contributed by atoms with E-state index in [0.717, 1.165) is 35.0 Å². The number of rotatable bonds is 9. The molecule has 1 saturated carbocycles. The first-order chi connectivity index (χ1) is 15.6. The van der Waals surface area contributed by atoms with E-state index in [-0.39, 0.29) is 17.4 Å². The Hall–Kier alpha value is -3.12. The maximum atomic E-state index is 11.8. The third-order valence-corrected chi connectivity index (χ3v) is 6.51. The number of nitrogens with one attached hydrogen (secondary N) is 2. The van der Waals surface area contributed by atoms with Crippen molar-refractivity contribution in [3.05, 3.63) is 80.1 Å². The van der Waals surface area contributed by atoms with E-state index in [1.54, 1.807) is 7.11 Å². The zero-order valence-corrected chi connectivity index (χ0v) is 18.5. The van der Waals surface area contributed by atoms with Crippen LogP contribution in [0.25, 0.3) is 0 Å². The summed E-state index contributed by atoms with van der Waals surface area (Å²) in [6.45, 7) is 0.935. The lowest BCUT2D eigenvalue weighted by Crippen LogP contribution is -2.36. The van der Waals surface area contributed by atoms with Crippen LogP contribution in [0.15, 0.2) is 58.1 Å². The van der Waals surface area contributed by atoms with Crippen molar-refractivity contribution in [2.75, 3.05) is 24.7 Å². The Morgan fingerprint density at radius 1 is 1.00 bits per heavy atom. The first-order valence-corrected chi connectivity index (χ1v) is 11.4. The van der Waals surface area contributed by atoms with Gasteiger partial charge in [0.15, 0.2) is 0 Å². The summed E-state index contributed by atoms with van der Waals surface area (Å²) in [4.78, 5) is 23.2. The van der Waals surface area contributed by atoms with Crippen LogP contribution in [0.5, 0.6) is 5.75 Å². The molecule has 1 atom stereocenters. The average Bonchev–Trinajstić information content (AvgIpc) is 2.85. The van der Waals surface area contributed by atoms with Gasteiger partial charge in [-0.1, -0.05) is 56.4 Å². The first-order valence-electron chi connectivity index (χ1n) is 11.4. The number of hydrogen-bond donors (Lipinski definition) is 3. The van der Waals surface area contributed by atoms with Gasteiger partial charge in [-0.25, -0.2) is 0 Å². The fourth-order valence-electron chi connectivity index (χ4n) is 4.61. The van der Waals surface area contributed by atoms with Gasteiger partial charge in [-0.2, -0.15) is 0 Å². The molecule has 32 heavy (non-hydrogen) atoms. The third kappa shape index (κ3) is 4.86. The largest absolute Gasteiger partial charge is 0.497 e. The van der Waals surface area contributed by atoms with E-state index < -0.39 is 10.9 Å². The van der Waals surface area contributed by atoms with Gasteiger partial charge in [0, 0.05) is 5.69 Å². The van der Waals surface area contributed by atoms with Gasteiger partial charge in [0.05, 0.1) is 13.2 Å². The molecular weight excluding hydrogens is 402 g/mol. The third-order valence-electron chi connectivity index (χ3n) is 6.51. The van der Waals surface area contributed by atoms with Crippen molar-refractivity contribution in [1.82, 2.24) is 5.32 Å². The van der Waals surface area contributed by atoms with Gasteiger partial charge in [0.2, 0.25) is 0 Å². The number of anilines is 3. The Balaban J connectivity index is 1.54. The molecule has 0 amide bonds. The fourth-order valence-corrected chi connectivity index (χ4v) is 4.61. The van der Waals surface area contributed by atoms with E-state index in [2.05, 4.69) is 28.8 Å². The SMILES string of the molecule is COc1ccc(C(NCCC2CCCCC2)c2cccc(Nc3c(N)c(=O)c3=O)c2)cc1. The summed E-state index contributed by atoms with van der Waals surface area (Å²) in [6.07, 6.45) is 7.90. The minimum Gasteiger partial charge on any atom is -0.497 e. The maximum absolute atomic E-state index is 11.8. The second-order valence-corrected chi connectivity index (χ2v) is 8.65. The smallest absolute Gasteiger partial charge is 0.253 e. The Morgan fingerprint density at radius 2 is 1.75 bits per heavy atom. The van der Waals surface area contributed by atoms with Crippen LogP contribution in [0.1, 0.15) is 55.7 Å². The Kier molecular flexibility index (Phi) is 6.90. The summed E-state index contributed by atoms with van der Waals surface area (Å²) in [5, 5.41) is 6.76. The second kappa shape index (κ2) is 10.0. The van der Waals surface area contributed by atoms with Gasteiger partial charge >= 0.3 is 0 Å². The molecule has 0 aliphatic heterocycles. The molecule has 168 valence electrons. The number of ether oxygens (including phenoxy) is 1. The Labute approximate surface area is 188 Å². The van der Waals surface area contributed by atoms with Crippen molar-refractivity contribution in [2.24, 2.45) is 5.92 Å². The molecule has 1 aliphatic carbocycles. The molecular formula is C26H31N3O3. The second-order valence-electron chi connectivity index (χ2n) is 8.65. The van der Waals surface area contributed by atoms with Crippen LogP contribution in [0.4, 0.5) is 17.1 Å². The van der Waals surface area contributed by atoms with Crippen molar-refractivity contribution < 1.29 is 4.74 Å². The number of methoxy groups -OCH3 is 1. The summed E-state index contributed by atoms with van der Waals surface area (Å²) in [5.74, 6) is 1.62. The van der Waals surface area contributed by atoms with Crippen molar-refractivity contribution in [1.29, 1.82) is 0 Å². The minimum atomic E-state index is -0.621. The van der Waals surface area contributed by atoms with Crippen LogP contribution in [-0.4, -0.2) is 13.7 Å². The number of nitrogens with two attached hydrogens (primary N) is 1. The Morgan fingerprint density at radius 3 is 2.44 bits per heavy atom. The summed E-state index contributed by atoms with van der Waals surface area (Å²) in [5.41, 5.74) is 7.61. The van der Waals surface area contributed by atoms with Crippen molar-refractivity contribution in [3.8, 4) is 5.75 Å². The zero-order valence-electron chi connectivity index (χ0n) is 18.5.